The number of aliphatic carboxylic acids is 1. The lowest BCUT2D eigenvalue weighted by Crippen LogP contribution is -2.32. The molecule has 0 aliphatic heterocycles. The van der Waals surface area contributed by atoms with Crippen molar-refractivity contribution in [2.75, 3.05) is 6.54 Å². The van der Waals surface area contributed by atoms with E-state index in [1.165, 1.54) is 0 Å². The maximum absolute atomic E-state index is 11.6. The van der Waals surface area contributed by atoms with Crippen LogP contribution in [0.15, 0.2) is 0 Å². The van der Waals surface area contributed by atoms with Gasteiger partial charge in [-0.2, -0.15) is 0 Å². The Labute approximate surface area is 115 Å². The Hall–Kier alpha value is -1.10. The van der Waals surface area contributed by atoms with E-state index in [1.807, 2.05) is 6.92 Å². The first kappa shape index (κ1) is 17.9. The summed E-state index contributed by atoms with van der Waals surface area (Å²) in [6.07, 6.45) is 5.70. The number of carbonyl (C=O) groups is 2. The molecule has 0 aromatic heterocycles. The number of nitrogens with one attached hydrogen (secondary N) is 1. The normalized spacial score (nSPS) is 13.8. The monoisotopic (exact) mass is 272 g/mol. The van der Waals surface area contributed by atoms with Crippen LogP contribution in [0.25, 0.3) is 0 Å². The molecule has 0 aliphatic rings. The summed E-state index contributed by atoms with van der Waals surface area (Å²) >= 11 is 0. The lowest BCUT2D eigenvalue weighted by Gasteiger charge is -2.14. The number of amides is 1. The lowest BCUT2D eigenvalue weighted by molar-refractivity contribution is -0.141. The fourth-order valence-electron chi connectivity index (χ4n) is 1.88. The van der Waals surface area contributed by atoms with Crippen LogP contribution in [0, 0.1) is 5.92 Å². The molecule has 19 heavy (non-hydrogen) atoms. The van der Waals surface area contributed by atoms with Crippen LogP contribution < -0.4 is 11.1 Å². The highest BCUT2D eigenvalue weighted by Crippen LogP contribution is 2.10. The van der Waals surface area contributed by atoms with Crippen molar-refractivity contribution >= 4 is 11.9 Å². The third-order valence-corrected chi connectivity index (χ3v) is 3.21. The predicted molar refractivity (Wildman–Crippen MR) is 75.8 cm³/mol. The molecule has 5 heteroatoms. The first-order valence-electron chi connectivity index (χ1n) is 7.19. The molecule has 0 saturated carbocycles. The van der Waals surface area contributed by atoms with Gasteiger partial charge in [0.15, 0.2) is 0 Å². The number of rotatable bonds is 11. The van der Waals surface area contributed by atoms with Gasteiger partial charge in [0, 0.05) is 12.5 Å². The van der Waals surface area contributed by atoms with Crippen molar-refractivity contribution < 1.29 is 14.7 Å². The fourth-order valence-corrected chi connectivity index (χ4v) is 1.88. The summed E-state index contributed by atoms with van der Waals surface area (Å²) in [6.45, 7) is 4.35. The van der Waals surface area contributed by atoms with E-state index in [2.05, 4.69) is 5.32 Å². The molecule has 1 amide bonds. The van der Waals surface area contributed by atoms with E-state index < -0.39 is 5.97 Å². The van der Waals surface area contributed by atoms with E-state index in [9.17, 15) is 9.59 Å². The minimum Gasteiger partial charge on any atom is -0.481 e. The van der Waals surface area contributed by atoms with Crippen LogP contribution >= 0.6 is 0 Å². The van der Waals surface area contributed by atoms with Crippen LogP contribution in [-0.2, 0) is 9.59 Å². The average molecular weight is 272 g/mol. The first-order chi connectivity index (χ1) is 8.97. The van der Waals surface area contributed by atoms with Gasteiger partial charge in [0.05, 0.1) is 5.92 Å². The van der Waals surface area contributed by atoms with Crippen LogP contribution in [-0.4, -0.2) is 29.6 Å². The van der Waals surface area contributed by atoms with E-state index in [0.717, 1.165) is 32.1 Å². The second-order valence-corrected chi connectivity index (χ2v) is 5.24. The van der Waals surface area contributed by atoms with Gasteiger partial charge in [-0.25, -0.2) is 0 Å². The summed E-state index contributed by atoms with van der Waals surface area (Å²) in [5, 5.41) is 11.7. The zero-order valence-electron chi connectivity index (χ0n) is 12.2. The SMILES string of the molecule is CC(CCCC(C)C(=O)O)NC(=O)CCCCCN. The maximum Gasteiger partial charge on any atom is 0.306 e. The first-order valence-corrected chi connectivity index (χ1v) is 7.19. The molecule has 0 aliphatic carbocycles. The molecule has 0 aromatic rings. The van der Waals surface area contributed by atoms with Crippen molar-refractivity contribution in [1.82, 2.24) is 5.32 Å². The van der Waals surface area contributed by atoms with Gasteiger partial charge in [-0.1, -0.05) is 19.8 Å². The van der Waals surface area contributed by atoms with Crippen molar-refractivity contribution in [1.29, 1.82) is 0 Å². The highest BCUT2D eigenvalue weighted by atomic mass is 16.4. The topological polar surface area (TPSA) is 92.4 Å². The minimum atomic E-state index is -0.753. The average Bonchev–Trinajstić information content (AvgIpc) is 2.34. The lowest BCUT2D eigenvalue weighted by atomic mass is 10.0. The predicted octanol–water partition coefficient (Wildman–Crippen LogP) is 1.90. The molecule has 0 saturated heterocycles. The van der Waals surface area contributed by atoms with Crippen molar-refractivity contribution in [3.05, 3.63) is 0 Å². The van der Waals surface area contributed by atoms with Gasteiger partial charge >= 0.3 is 5.97 Å². The minimum absolute atomic E-state index is 0.0794. The van der Waals surface area contributed by atoms with Gasteiger partial charge in [-0.3, -0.25) is 9.59 Å². The van der Waals surface area contributed by atoms with Crippen LogP contribution in [0.4, 0.5) is 0 Å². The fraction of sp³-hybridized carbons (Fsp3) is 0.857. The quantitative estimate of drug-likeness (QED) is 0.501. The molecule has 0 radical (unpaired) electrons. The number of hydrogen-bond acceptors (Lipinski definition) is 3. The molecule has 5 nitrogen and oxygen atoms in total. The van der Waals surface area contributed by atoms with E-state index >= 15 is 0 Å². The number of carbonyl (C=O) groups excluding carboxylic acids is 1. The van der Waals surface area contributed by atoms with Crippen molar-refractivity contribution in [3.63, 3.8) is 0 Å². The molecular weight excluding hydrogens is 244 g/mol. The third-order valence-electron chi connectivity index (χ3n) is 3.21. The number of unbranched alkanes of at least 4 members (excludes halogenated alkanes) is 2. The van der Waals surface area contributed by atoms with Gasteiger partial charge in [-0.05, 0) is 39.2 Å². The van der Waals surface area contributed by atoms with Gasteiger partial charge in [0.1, 0.15) is 0 Å². The van der Waals surface area contributed by atoms with Crippen molar-refractivity contribution in [2.24, 2.45) is 11.7 Å². The van der Waals surface area contributed by atoms with Crippen LogP contribution in [0.3, 0.4) is 0 Å². The standard InChI is InChI=1S/C14H28N2O3/c1-11(14(18)19)7-6-8-12(2)16-13(17)9-4-3-5-10-15/h11-12H,3-10,15H2,1-2H3,(H,16,17)(H,18,19). The Kier molecular flexibility index (Phi) is 10.2. The van der Waals surface area contributed by atoms with Gasteiger partial charge in [-0.15, -0.1) is 0 Å². The van der Waals surface area contributed by atoms with Crippen molar-refractivity contribution in [3.8, 4) is 0 Å². The highest BCUT2D eigenvalue weighted by Gasteiger charge is 2.12. The molecule has 0 aromatic carbocycles. The molecule has 0 heterocycles. The molecule has 0 fully saturated rings. The number of carboxylic acid groups (broad SMARTS) is 1. The zero-order chi connectivity index (χ0) is 14.7. The number of nitrogens with two attached hydrogens (primary N) is 1. The smallest absolute Gasteiger partial charge is 0.306 e. The second kappa shape index (κ2) is 10.8. The van der Waals surface area contributed by atoms with E-state index in [1.54, 1.807) is 6.92 Å². The van der Waals surface area contributed by atoms with E-state index in [0.29, 0.717) is 19.4 Å². The summed E-state index contributed by atoms with van der Waals surface area (Å²) < 4.78 is 0. The maximum atomic E-state index is 11.6. The summed E-state index contributed by atoms with van der Waals surface area (Å²) in [5.74, 6) is -0.980. The Morgan fingerprint density at radius 2 is 1.79 bits per heavy atom. The molecule has 0 spiro atoms. The van der Waals surface area contributed by atoms with Gasteiger partial charge in [0.2, 0.25) is 5.91 Å². The summed E-state index contributed by atoms with van der Waals surface area (Å²) in [6, 6.07) is 0.114. The van der Waals surface area contributed by atoms with E-state index in [-0.39, 0.29) is 17.9 Å². The molecule has 2 atom stereocenters. The van der Waals surface area contributed by atoms with Crippen molar-refractivity contribution in [2.45, 2.75) is 64.8 Å². The Balaban J connectivity index is 3.59. The number of carboxylic acids is 1. The van der Waals surface area contributed by atoms with Crippen LogP contribution in [0.2, 0.25) is 0 Å². The highest BCUT2D eigenvalue weighted by molar-refractivity contribution is 5.76. The zero-order valence-corrected chi connectivity index (χ0v) is 12.2. The third kappa shape index (κ3) is 10.5. The summed E-state index contributed by atoms with van der Waals surface area (Å²) in [4.78, 5) is 22.2. The Morgan fingerprint density at radius 3 is 2.37 bits per heavy atom. The van der Waals surface area contributed by atoms with Crippen LogP contribution in [0.1, 0.15) is 58.8 Å². The molecule has 0 rings (SSSR count). The Bertz CT molecular complexity index is 269. The molecule has 112 valence electrons. The van der Waals surface area contributed by atoms with E-state index in [4.69, 9.17) is 10.8 Å². The number of hydrogen-bond donors (Lipinski definition) is 3. The molecule has 2 unspecified atom stereocenters. The molecule has 4 N–H and O–H groups in total. The second-order valence-electron chi connectivity index (χ2n) is 5.24. The van der Waals surface area contributed by atoms with Crippen LogP contribution in [0.5, 0.6) is 0 Å². The molecular formula is C14H28N2O3. The van der Waals surface area contributed by atoms with Gasteiger partial charge in [0.25, 0.3) is 0 Å². The largest absolute Gasteiger partial charge is 0.481 e. The Morgan fingerprint density at radius 1 is 1.11 bits per heavy atom. The summed E-state index contributed by atoms with van der Waals surface area (Å²) in [5.41, 5.74) is 5.38. The summed E-state index contributed by atoms with van der Waals surface area (Å²) in [7, 11) is 0. The molecule has 0 bridgehead atoms. The van der Waals surface area contributed by atoms with Gasteiger partial charge < -0.3 is 16.2 Å².